The molecule has 0 aliphatic carbocycles. The topological polar surface area (TPSA) is 66.5 Å². The number of amides is 2. The zero-order chi connectivity index (χ0) is 12.7. The smallest absolute Gasteiger partial charge is 0.253 e. The number of ketones is 1. The first-order chi connectivity index (χ1) is 8.15. The largest absolute Gasteiger partial charge is 0.320 e. The van der Waals surface area contributed by atoms with Crippen LogP contribution in [0, 0.1) is 0 Å². The molecule has 0 aromatic carbocycles. The van der Waals surface area contributed by atoms with Crippen molar-refractivity contribution in [2.75, 3.05) is 20.1 Å². The molecule has 1 rings (SSSR count). The molecule has 0 saturated heterocycles. The number of nitrogens with zero attached hydrogens (tertiary/aromatic N) is 1. The third-order valence-electron chi connectivity index (χ3n) is 2.62. The maximum atomic E-state index is 11.4. The van der Waals surface area contributed by atoms with Crippen LogP contribution in [0.5, 0.6) is 0 Å². The summed E-state index contributed by atoms with van der Waals surface area (Å²) in [6.45, 7) is 1.17. The lowest BCUT2D eigenvalue weighted by Crippen LogP contribution is -2.31. The molecule has 0 unspecified atom stereocenters. The minimum atomic E-state index is -0.280. The van der Waals surface area contributed by atoms with E-state index in [1.54, 1.807) is 0 Å². The van der Waals surface area contributed by atoms with Crippen LogP contribution < -0.4 is 5.32 Å². The van der Waals surface area contributed by atoms with Crippen LogP contribution in [0.1, 0.15) is 33.1 Å². The van der Waals surface area contributed by atoms with Gasteiger partial charge in [0.15, 0.2) is 0 Å². The highest BCUT2D eigenvalue weighted by Crippen LogP contribution is 2.06. The Morgan fingerprint density at radius 2 is 1.72 bits per heavy atom. The SMILES string of the molecule is C.CNCCCC(=O)CCCN1C(=O)C=CC1=O. The molecule has 0 spiro atoms. The molecule has 0 bridgehead atoms. The summed E-state index contributed by atoms with van der Waals surface area (Å²) < 4.78 is 0. The average molecular weight is 254 g/mol. The molecular formula is C13H22N2O3. The molecule has 18 heavy (non-hydrogen) atoms. The minimum absolute atomic E-state index is 0. The molecule has 5 heteroatoms. The Hall–Kier alpha value is -1.49. The molecular weight excluding hydrogens is 232 g/mol. The van der Waals surface area contributed by atoms with E-state index in [1.807, 2.05) is 7.05 Å². The number of hydrogen-bond donors (Lipinski definition) is 1. The lowest BCUT2D eigenvalue weighted by Gasteiger charge is -2.12. The fourth-order valence-electron chi connectivity index (χ4n) is 1.67. The van der Waals surface area contributed by atoms with Gasteiger partial charge in [0, 0.05) is 31.5 Å². The van der Waals surface area contributed by atoms with Gasteiger partial charge in [-0.1, -0.05) is 7.43 Å². The highest BCUT2D eigenvalue weighted by Gasteiger charge is 2.22. The summed E-state index contributed by atoms with van der Waals surface area (Å²) >= 11 is 0. The second kappa shape index (κ2) is 8.58. The minimum Gasteiger partial charge on any atom is -0.320 e. The summed E-state index contributed by atoms with van der Waals surface area (Å²) in [5, 5.41) is 2.98. The molecule has 102 valence electrons. The lowest BCUT2D eigenvalue weighted by molar-refractivity contribution is -0.137. The van der Waals surface area contributed by atoms with Gasteiger partial charge in [-0.2, -0.15) is 0 Å². The van der Waals surface area contributed by atoms with Gasteiger partial charge < -0.3 is 5.32 Å². The fraction of sp³-hybridized carbons (Fsp3) is 0.615. The lowest BCUT2D eigenvalue weighted by atomic mass is 10.1. The van der Waals surface area contributed by atoms with Gasteiger partial charge >= 0.3 is 0 Å². The third kappa shape index (κ3) is 5.23. The highest BCUT2D eigenvalue weighted by atomic mass is 16.2. The highest BCUT2D eigenvalue weighted by molar-refractivity contribution is 6.12. The number of rotatable bonds is 8. The van der Waals surface area contributed by atoms with Crippen LogP contribution in [0.15, 0.2) is 12.2 Å². The summed E-state index contributed by atoms with van der Waals surface area (Å²) in [6.07, 6.45) is 4.89. The standard InChI is InChI=1S/C12H18N2O3.CH4/c1-13-8-2-4-10(15)5-3-9-14-11(16)6-7-12(14)17;/h6-7,13H,2-5,8-9H2,1H3;1H4. The monoisotopic (exact) mass is 254 g/mol. The number of nitrogens with one attached hydrogen (secondary N) is 1. The van der Waals surface area contributed by atoms with Crippen molar-refractivity contribution in [1.82, 2.24) is 10.2 Å². The maximum Gasteiger partial charge on any atom is 0.253 e. The van der Waals surface area contributed by atoms with E-state index in [-0.39, 0.29) is 25.0 Å². The molecule has 5 nitrogen and oxygen atoms in total. The van der Waals surface area contributed by atoms with E-state index >= 15 is 0 Å². The fourth-order valence-corrected chi connectivity index (χ4v) is 1.67. The number of Topliss-reactive ketones (excluding diaryl/α,β-unsaturated/α-hetero) is 1. The number of carbonyl (C=O) groups is 3. The van der Waals surface area contributed by atoms with Gasteiger partial charge in [-0.15, -0.1) is 0 Å². The van der Waals surface area contributed by atoms with Crippen molar-refractivity contribution in [2.24, 2.45) is 0 Å². The molecule has 0 aromatic heterocycles. The number of carbonyl (C=O) groups excluding carboxylic acids is 3. The molecule has 0 atom stereocenters. The Morgan fingerprint density at radius 1 is 1.17 bits per heavy atom. The van der Waals surface area contributed by atoms with Crippen LogP contribution in [0.2, 0.25) is 0 Å². The van der Waals surface area contributed by atoms with Crippen molar-refractivity contribution in [3.8, 4) is 0 Å². The van der Waals surface area contributed by atoms with Crippen molar-refractivity contribution >= 4 is 17.6 Å². The summed E-state index contributed by atoms with van der Waals surface area (Å²) in [5.74, 6) is -0.373. The van der Waals surface area contributed by atoms with Crippen LogP contribution in [0.25, 0.3) is 0 Å². The van der Waals surface area contributed by atoms with E-state index in [1.165, 1.54) is 17.1 Å². The second-order valence-electron chi connectivity index (χ2n) is 4.01. The molecule has 0 fully saturated rings. The van der Waals surface area contributed by atoms with E-state index in [0.717, 1.165) is 13.0 Å². The summed E-state index contributed by atoms with van der Waals surface area (Å²) in [6, 6.07) is 0. The predicted molar refractivity (Wildman–Crippen MR) is 70.0 cm³/mol. The molecule has 0 radical (unpaired) electrons. The number of imide groups is 1. The zero-order valence-corrected chi connectivity index (χ0v) is 10.1. The van der Waals surface area contributed by atoms with E-state index in [4.69, 9.17) is 0 Å². The van der Waals surface area contributed by atoms with Gasteiger partial charge in [-0.25, -0.2) is 0 Å². The van der Waals surface area contributed by atoms with Crippen LogP contribution in [-0.2, 0) is 14.4 Å². The Labute approximate surface area is 108 Å². The summed E-state index contributed by atoms with van der Waals surface area (Å²) in [7, 11) is 1.85. The van der Waals surface area contributed by atoms with Crippen LogP contribution in [0.4, 0.5) is 0 Å². The van der Waals surface area contributed by atoms with Gasteiger partial charge in [-0.3, -0.25) is 19.3 Å². The quantitative estimate of drug-likeness (QED) is 0.516. The van der Waals surface area contributed by atoms with Crippen molar-refractivity contribution in [3.05, 3.63) is 12.2 Å². The average Bonchev–Trinajstić information content (AvgIpc) is 2.61. The predicted octanol–water partition coefficient (Wildman–Crippen LogP) is 0.896. The Morgan fingerprint density at radius 3 is 2.28 bits per heavy atom. The van der Waals surface area contributed by atoms with Crippen molar-refractivity contribution in [3.63, 3.8) is 0 Å². The summed E-state index contributed by atoms with van der Waals surface area (Å²) in [4.78, 5) is 35.0. The third-order valence-corrected chi connectivity index (χ3v) is 2.62. The van der Waals surface area contributed by atoms with Crippen molar-refractivity contribution in [1.29, 1.82) is 0 Å². The molecule has 0 aromatic rings. The molecule has 2 amide bonds. The Kier molecular flexibility index (Phi) is 7.87. The molecule has 1 aliphatic heterocycles. The van der Waals surface area contributed by atoms with Gasteiger partial charge in [-0.05, 0) is 26.4 Å². The van der Waals surface area contributed by atoms with Gasteiger partial charge in [0.2, 0.25) is 0 Å². The normalized spacial score (nSPS) is 13.9. The Bertz CT molecular complexity index is 319. The second-order valence-corrected chi connectivity index (χ2v) is 4.01. The van der Waals surface area contributed by atoms with E-state index < -0.39 is 0 Å². The first kappa shape index (κ1) is 16.5. The van der Waals surface area contributed by atoms with E-state index in [9.17, 15) is 14.4 Å². The first-order valence-electron chi connectivity index (χ1n) is 5.85. The molecule has 0 saturated carbocycles. The van der Waals surface area contributed by atoms with Crippen molar-refractivity contribution in [2.45, 2.75) is 33.1 Å². The van der Waals surface area contributed by atoms with Gasteiger partial charge in [0.05, 0.1) is 0 Å². The maximum absolute atomic E-state index is 11.4. The van der Waals surface area contributed by atoms with Crippen LogP contribution >= 0.6 is 0 Å². The molecule has 1 heterocycles. The van der Waals surface area contributed by atoms with Gasteiger partial charge in [0.1, 0.15) is 5.78 Å². The first-order valence-corrected chi connectivity index (χ1v) is 5.85. The van der Waals surface area contributed by atoms with E-state index in [2.05, 4.69) is 5.32 Å². The molecule has 1 N–H and O–H groups in total. The van der Waals surface area contributed by atoms with Crippen molar-refractivity contribution < 1.29 is 14.4 Å². The zero-order valence-electron chi connectivity index (χ0n) is 10.1. The Balaban J connectivity index is 0.00000289. The van der Waals surface area contributed by atoms with Crippen LogP contribution in [-0.4, -0.2) is 42.6 Å². The van der Waals surface area contributed by atoms with Gasteiger partial charge in [0.25, 0.3) is 11.8 Å². The summed E-state index contributed by atoms with van der Waals surface area (Å²) in [5.41, 5.74) is 0. The van der Waals surface area contributed by atoms with E-state index in [0.29, 0.717) is 25.8 Å². The van der Waals surface area contributed by atoms with Crippen LogP contribution in [0.3, 0.4) is 0 Å². The number of hydrogen-bond acceptors (Lipinski definition) is 4. The molecule has 1 aliphatic rings.